The highest BCUT2D eigenvalue weighted by atomic mass is 16.2. The number of amides is 1. The first-order valence-electron chi connectivity index (χ1n) is 9.70. The molecule has 0 bridgehead atoms. The predicted octanol–water partition coefficient (Wildman–Crippen LogP) is 2.76. The molecule has 1 aliphatic rings. The molecule has 2 aromatic heterocycles. The lowest BCUT2D eigenvalue weighted by atomic mass is 10.1. The molecule has 1 aliphatic heterocycles. The van der Waals surface area contributed by atoms with E-state index in [1.165, 1.54) is 0 Å². The molecule has 1 N–H and O–H groups in total. The van der Waals surface area contributed by atoms with Crippen LogP contribution in [0.25, 0.3) is 0 Å². The SMILES string of the molecule is Cc1ccc(Nc2ccc(N3CCN(C(=O)c4ccc(C#N)cc4)CC3)nn2)nc1. The van der Waals surface area contributed by atoms with Crippen LogP contribution in [0.4, 0.5) is 17.5 Å². The highest BCUT2D eigenvalue weighted by Crippen LogP contribution is 2.18. The van der Waals surface area contributed by atoms with Gasteiger partial charge in [-0.1, -0.05) is 6.07 Å². The number of nitrogens with zero attached hydrogens (tertiary/aromatic N) is 6. The minimum atomic E-state index is -0.0182. The fraction of sp³-hybridized carbons (Fsp3) is 0.227. The molecule has 3 aromatic rings. The average Bonchev–Trinajstić information content (AvgIpc) is 2.81. The van der Waals surface area contributed by atoms with Crippen molar-refractivity contribution in [2.24, 2.45) is 0 Å². The van der Waals surface area contributed by atoms with Crippen molar-refractivity contribution in [2.45, 2.75) is 6.92 Å². The van der Waals surface area contributed by atoms with E-state index in [9.17, 15) is 4.79 Å². The maximum atomic E-state index is 12.7. The van der Waals surface area contributed by atoms with Crippen molar-refractivity contribution in [1.82, 2.24) is 20.1 Å². The smallest absolute Gasteiger partial charge is 0.253 e. The molecule has 8 heteroatoms. The van der Waals surface area contributed by atoms with Crippen molar-refractivity contribution in [3.63, 3.8) is 0 Å². The number of benzene rings is 1. The molecule has 0 unspecified atom stereocenters. The number of carbonyl (C=O) groups excluding carboxylic acids is 1. The maximum absolute atomic E-state index is 12.7. The highest BCUT2D eigenvalue weighted by molar-refractivity contribution is 5.94. The minimum Gasteiger partial charge on any atom is -0.352 e. The van der Waals surface area contributed by atoms with Crippen LogP contribution >= 0.6 is 0 Å². The molecule has 1 amide bonds. The summed E-state index contributed by atoms with van der Waals surface area (Å²) in [6.07, 6.45) is 1.79. The third-order valence-corrected chi connectivity index (χ3v) is 4.97. The maximum Gasteiger partial charge on any atom is 0.253 e. The van der Waals surface area contributed by atoms with Crippen molar-refractivity contribution in [1.29, 1.82) is 5.26 Å². The fourth-order valence-corrected chi connectivity index (χ4v) is 3.24. The Morgan fingerprint density at radius 3 is 2.30 bits per heavy atom. The Balaban J connectivity index is 1.33. The second-order valence-corrected chi connectivity index (χ2v) is 7.09. The van der Waals surface area contributed by atoms with Gasteiger partial charge in [-0.05, 0) is 55.0 Å². The van der Waals surface area contributed by atoms with Crippen LogP contribution in [0.15, 0.2) is 54.7 Å². The molecule has 8 nitrogen and oxygen atoms in total. The van der Waals surface area contributed by atoms with Crippen LogP contribution in [0.5, 0.6) is 0 Å². The Hall–Kier alpha value is -3.99. The Labute approximate surface area is 174 Å². The number of nitrogens with one attached hydrogen (secondary N) is 1. The van der Waals surface area contributed by atoms with E-state index in [1.807, 2.05) is 36.1 Å². The topological polar surface area (TPSA) is 98.0 Å². The van der Waals surface area contributed by atoms with Crippen molar-refractivity contribution in [3.05, 3.63) is 71.4 Å². The van der Waals surface area contributed by atoms with E-state index in [1.54, 1.807) is 30.5 Å². The summed E-state index contributed by atoms with van der Waals surface area (Å²) in [6.45, 7) is 4.57. The van der Waals surface area contributed by atoms with Crippen LogP contribution in [0, 0.1) is 18.3 Å². The highest BCUT2D eigenvalue weighted by Gasteiger charge is 2.23. The molecule has 0 atom stereocenters. The van der Waals surface area contributed by atoms with Gasteiger partial charge >= 0.3 is 0 Å². The van der Waals surface area contributed by atoms with Gasteiger partial charge < -0.3 is 15.1 Å². The molecule has 1 aromatic carbocycles. The Bertz CT molecular complexity index is 1050. The van der Waals surface area contributed by atoms with Gasteiger partial charge in [0.2, 0.25) is 0 Å². The van der Waals surface area contributed by atoms with Crippen LogP contribution in [-0.4, -0.2) is 52.2 Å². The predicted molar refractivity (Wildman–Crippen MR) is 114 cm³/mol. The standard InChI is InChI=1S/C22H21N7O/c1-16-2-7-19(24-15-16)25-20-8-9-21(27-26-20)28-10-12-29(13-11-28)22(30)18-5-3-17(14-23)4-6-18/h2-9,15H,10-13H2,1H3,(H,24,25,26). The molecule has 0 aliphatic carbocycles. The van der Waals surface area contributed by atoms with Gasteiger partial charge in [0, 0.05) is 37.9 Å². The molecule has 0 spiro atoms. The van der Waals surface area contributed by atoms with Gasteiger partial charge in [0.1, 0.15) is 5.82 Å². The number of piperazine rings is 1. The van der Waals surface area contributed by atoms with Crippen LogP contribution < -0.4 is 10.2 Å². The van der Waals surface area contributed by atoms with Crippen LogP contribution in [0.1, 0.15) is 21.5 Å². The van der Waals surface area contributed by atoms with E-state index in [-0.39, 0.29) is 5.91 Å². The van der Waals surface area contributed by atoms with Crippen molar-refractivity contribution in [3.8, 4) is 6.07 Å². The zero-order chi connectivity index (χ0) is 20.9. The van der Waals surface area contributed by atoms with Crippen LogP contribution in [-0.2, 0) is 0 Å². The normalized spacial score (nSPS) is 13.6. The van der Waals surface area contributed by atoms with E-state index in [4.69, 9.17) is 5.26 Å². The average molecular weight is 399 g/mol. The number of hydrogen-bond acceptors (Lipinski definition) is 7. The Morgan fingerprint density at radius 2 is 1.70 bits per heavy atom. The molecule has 0 radical (unpaired) electrons. The lowest BCUT2D eigenvalue weighted by Gasteiger charge is -2.35. The molecule has 3 heterocycles. The van der Waals surface area contributed by atoms with Crippen LogP contribution in [0.3, 0.4) is 0 Å². The van der Waals surface area contributed by atoms with Crippen LogP contribution in [0.2, 0.25) is 0 Å². The molecular formula is C22H21N7O. The number of pyridine rings is 1. The number of hydrogen-bond donors (Lipinski definition) is 1. The first kappa shape index (κ1) is 19.3. The number of carbonyl (C=O) groups is 1. The number of nitriles is 1. The van der Waals surface area contributed by atoms with E-state index in [0.717, 1.165) is 17.2 Å². The number of anilines is 3. The second kappa shape index (κ2) is 8.57. The molecule has 1 fully saturated rings. The van der Waals surface area contributed by atoms with E-state index < -0.39 is 0 Å². The molecule has 4 rings (SSSR count). The third kappa shape index (κ3) is 4.36. The summed E-state index contributed by atoms with van der Waals surface area (Å²) < 4.78 is 0. The van der Waals surface area contributed by atoms with E-state index in [2.05, 4.69) is 31.5 Å². The van der Waals surface area contributed by atoms with Gasteiger partial charge in [-0.25, -0.2) is 4.98 Å². The first-order chi connectivity index (χ1) is 14.6. The molecule has 1 saturated heterocycles. The zero-order valence-corrected chi connectivity index (χ0v) is 16.6. The summed E-state index contributed by atoms with van der Waals surface area (Å²) in [4.78, 5) is 20.9. The number of aromatic nitrogens is 3. The molecule has 150 valence electrons. The second-order valence-electron chi connectivity index (χ2n) is 7.09. The largest absolute Gasteiger partial charge is 0.352 e. The monoisotopic (exact) mass is 399 g/mol. The van der Waals surface area contributed by atoms with Gasteiger partial charge in [-0.15, -0.1) is 10.2 Å². The quantitative estimate of drug-likeness (QED) is 0.720. The minimum absolute atomic E-state index is 0.0182. The van der Waals surface area contributed by atoms with Crippen molar-refractivity contribution >= 4 is 23.4 Å². The summed E-state index contributed by atoms with van der Waals surface area (Å²) >= 11 is 0. The lowest BCUT2D eigenvalue weighted by molar-refractivity contribution is 0.0746. The lowest BCUT2D eigenvalue weighted by Crippen LogP contribution is -2.49. The fourth-order valence-electron chi connectivity index (χ4n) is 3.24. The molecular weight excluding hydrogens is 378 g/mol. The summed E-state index contributed by atoms with van der Waals surface area (Å²) in [5.74, 6) is 2.11. The van der Waals surface area contributed by atoms with Crippen molar-refractivity contribution < 1.29 is 4.79 Å². The summed E-state index contributed by atoms with van der Waals surface area (Å²) in [7, 11) is 0. The van der Waals surface area contributed by atoms with Gasteiger partial charge in [-0.3, -0.25) is 4.79 Å². The number of rotatable bonds is 4. The van der Waals surface area contributed by atoms with Gasteiger partial charge in [0.15, 0.2) is 11.6 Å². The first-order valence-corrected chi connectivity index (χ1v) is 9.70. The summed E-state index contributed by atoms with van der Waals surface area (Å²) in [5.41, 5.74) is 2.24. The zero-order valence-electron chi connectivity index (χ0n) is 16.6. The van der Waals surface area contributed by atoms with E-state index in [0.29, 0.717) is 43.1 Å². The van der Waals surface area contributed by atoms with Crippen molar-refractivity contribution in [2.75, 3.05) is 36.4 Å². The Kier molecular flexibility index (Phi) is 5.52. The van der Waals surface area contributed by atoms with Gasteiger partial charge in [0.25, 0.3) is 5.91 Å². The molecule has 0 saturated carbocycles. The molecule has 30 heavy (non-hydrogen) atoms. The van der Waals surface area contributed by atoms with Gasteiger partial charge in [0.05, 0.1) is 11.6 Å². The van der Waals surface area contributed by atoms with E-state index >= 15 is 0 Å². The Morgan fingerprint density at radius 1 is 0.967 bits per heavy atom. The van der Waals surface area contributed by atoms with Gasteiger partial charge in [-0.2, -0.15) is 5.26 Å². The third-order valence-electron chi connectivity index (χ3n) is 4.97. The number of aryl methyl sites for hydroxylation is 1. The summed E-state index contributed by atoms with van der Waals surface area (Å²) in [6, 6.07) is 16.5. The summed E-state index contributed by atoms with van der Waals surface area (Å²) in [5, 5.41) is 20.6.